The number of amides is 3. The molecule has 4 N–H and O–H groups in total. The third kappa shape index (κ3) is 6.89. The van der Waals surface area contributed by atoms with Crippen molar-refractivity contribution in [2.45, 2.75) is 50.7 Å². The Labute approximate surface area is 252 Å². The van der Waals surface area contributed by atoms with Gasteiger partial charge in [-0.1, -0.05) is 73.9 Å². The summed E-state index contributed by atoms with van der Waals surface area (Å²) in [4.78, 5) is 42.0. The number of aromatic nitrogens is 1. The van der Waals surface area contributed by atoms with Crippen molar-refractivity contribution in [2.75, 3.05) is 10.6 Å². The van der Waals surface area contributed by atoms with Crippen molar-refractivity contribution in [3.63, 3.8) is 0 Å². The minimum atomic E-state index is -1.42. The van der Waals surface area contributed by atoms with Gasteiger partial charge < -0.3 is 16.4 Å². The second kappa shape index (κ2) is 13.6. The molecule has 1 aliphatic carbocycles. The number of nitrogens with zero attached hydrogens (tertiary/aromatic N) is 2. The fourth-order valence-corrected chi connectivity index (χ4v) is 5.92. The highest BCUT2D eigenvalue weighted by Gasteiger charge is 2.37. The smallest absolute Gasteiger partial charge is 0.273 e. The second-order valence-electron chi connectivity index (χ2n) is 10.4. The molecule has 1 aliphatic rings. The summed E-state index contributed by atoms with van der Waals surface area (Å²) in [6.07, 6.45) is 4.83. The Bertz CT molecular complexity index is 1590. The Morgan fingerprint density at radius 3 is 2.30 bits per heavy atom. The van der Waals surface area contributed by atoms with Gasteiger partial charge in [0.25, 0.3) is 11.8 Å². The number of rotatable bonds is 9. The third-order valence-electron chi connectivity index (χ3n) is 7.41. The Morgan fingerprint density at radius 2 is 1.60 bits per heavy atom. The molecular formula is C32H31F2N5O3S. The number of halogens is 2. The standard InChI is InChI=1S/C32H31F2N5O3S/c33-22-17-15-21(16-18-22)28(31(41)36-19-20-9-3-1-4-10-20)39(25-14-8-7-13-24(25)34)32(42)29-26(35)27(38-43-29)30(40)37-23-11-5-2-6-12-23/h1,3-4,7-10,13-18,23,28H,2,5-6,11-12,19,35H2,(H,36,41)(H,37,40)/t28-/m1/s1. The second-order valence-corrected chi connectivity index (χ2v) is 11.1. The minimum Gasteiger partial charge on any atom is -0.395 e. The molecule has 0 radical (unpaired) electrons. The van der Waals surface area contributed by atoms with Crippen LogP contribution in [-0.4, -0.2) is 28.1 Å². The first-order chi connectivity index (χ1) is 20.8. The first kappa shape index (κ1) is 29.8. The van der Waals surface area contributed by atoms with Crippen LogP contribution < -0.4 is 21.3 Å². The number of para-hydroxylation sites is 1. The topological polar surface area (TPSA) is 117 Å². The van der Waals surface area contributed by atoms with Gasteiger partial charge in [-0.15, -0.1) is 0 Å². The molecule has 1 saturated carbocycles. The number of carbonyl (C=O) groups excluding carboxylic acids is 3. The van der Waals surface area contributed by atoms with Gasteiger partial charge in [0.2, 0.25) is 5.91 Å². The van der Waals surface area contributed by atoms with E-state index in [1.165, 1.54) is 30.3 Å². The summed E-state index contributed by atoms with van der Waals surface area (Å²) in [5.74, 6) is -3.27. The van der Waals surface area contributed by atoms with E-state index in [4.69, 9.17) is 5.73 Å². The molecule has 4 aromatic rings. The quantitative estimate of drug-likeness (QED) is 0.225. The Kier molecular flexibility index (Phi) is 9.41. The van der Waals surface area contributed by atoms with Crippen LogP contribution >= 0.6 is 11.5 Å². The number of hydrogen-bond donors (Lipinski definition) is 3. The van der Waals surface area contributed by atoms with E-state index in [2.05, 4.69) is 15.0 Å². The van der Waals surface area contributed by atoms with Crippen LogP contribution in [0.15, 0.2) is 78.9 Å². The van der Waals surface area contributed by atoms with Gasteiger partial charge in [-0.25, -0.2) is 8.78 Å². The summed E-state index contributed by atoms with van der Waals surface area (Å²) in [7, 11) is 0. The lowest BCUT2D eigenvalue weighted by Crippen LogP contribution is -2.44. The van der Waals surface area contributed by atoms with Gasteiger partial charge in [0.05, 0.1) is 11.4 Å². The first-order valence-corrected chi connectivity index (χ1v) is 14.8. The van der Waals surface area contributed by atoms with Crippen LogP contribution in [0.2, 0.25) is 0 Å². The van der Waals surface area contributed by atoms with Crippen LogP contribution in [0.5, 0.6) is 0 Å². The van der Waals surface area contributed by atoms with E-state index in [0.717, 1.165) is 60.8 Å². The zero-order valence-corrected chi connectivity index (χ0v) is 24.1. The molecule has 1 heterocycles. The maximum absolute atomic E-state index is 15.4. The molecule has 5 rings (SSSR count). The molecule has 0 unspecified atom stereocenters. The number of nitrogen functional groups attached to an aromatic ring is 1. The summed E-state index contributed by atoms with van der Waals surface area (Å²) in [5, 5.41) is 5.76. The monoisotopic (exact) mass is 603 g/mol. The summed E-state index contributed by atoms with van der Waals surface area (Å²) < 4.78 is 33.5. The summed E-state index contributed by atoms with van der Waals surface area (Å²) in [6.45, 7) is 0.130. The summed E-state index contributed by atoms with van der Waals surface area (Å²) >= 11 is 0.699. The fraction of sp³-hybridized carbons (Fsp3) is 0.250. The van der Waals surface area contributed by atoms with E-state index in [1.807, 2.05) is 30.3 Å². The molecule has 222 valence electrons. The van der Waals surface area contributed by atoms with Crippen LogP contribution in [0.4, 0.5) is 20.2 Å². The van der Waals surface area contributed by atoms with E-state index < -0.39 is 35.4 Å². The average molecular weight is 604 g/mol. The molecule has 0 bridgehead atoms. The number of anilines is 2. The minimum absolute atomic E-state index is 0.00687. The van der Waals surface area contributed by atoms with Gasteiger partial charge in [0.15, 0.2) is 5.69 Å². The highest BCUT2D eigenvalue weighted by atomic mass is 32.1. The molecule has 0 aliphatic heterocycles. The molecule has 1 fully saturated rings. The number of hydrogen-bond acceptors (Lipinski definition) is 6. The molecular weight excluding hydrogens is 572 g/mol. The lowest BCUT2D eigenvalue weighted by molar-refractivity contribution is -0.122. The van der Waals surface area contributed by atoms with Crippen molar-refractivity contribution < 1.29 is 23.2 Å². The first-order valence-electron chi connectivity index (χ1n) is 14.0. The van der Waals surface area contributed by atoms with Crippen molar-refractivity contribution in [1.29, 1.82) is 0 Å². The largest absolute Gasteiger partial charge is 0.395 e. The van der Waals surface area contributed by atoms with Crippen molar-refractivity contribution in [1.82, 2.24) is 15.0 Å². The number of benzene rings is 3. The van der Waals surface area contributed by atoms with E-state index in [-0.39, 0.29) is 40.1 Å². The maximum Gasteiger partial charge on any atom is 0.273 e. The lowest BCUT2D eigenvalue weighted by atomic mass is 9.95. The van der Waals surface area contributed by atoms with E-state index in [1.54, 1.807) is 0 Å². The predicted molar refractivity (Wildman–Crippen MR) is 162 cm³/mol. The molecule has 43 heavy (non-hydrogen) atoms. The van der Waals surface area contributed by atoms with Crippen molar-refractivity contribution in [3.8, 4) is 0 Å². The molecule has 0 saturated heterocycles. The lowest BCUT2D eigenvalue weighted by Gasteiger charge is -2.31. The van der Waals surface area contributed by atoms with Crippen LogP contribution in [0.1, 0.15) is 69.4 Å². The zero-order valence-electron chi connectivity index (χ0n) is 23.3. The molecule has 11 heteroatoms. The normalized spacial score (nSPS) is 14.1. The van der Waals surface area contributed by atoms with Crippen LogP contribution in [0.3, 0.4) is 0 Å². The van der Waals surface area contributed by atoms with Gasteiger partial charge >= 0.3 is 0 Å². The molecule has 0 spiro atoms. The molecule has 1 atom stereocenters. The Morgan fingerprint density at radius 1 is 0.930 bits per heavy atom. The van der Waals surface area contributed by atoms with Gasteiger partial charge in [-0.3, -0.25) is 19.3 Å². The Hall–Kier alpha value is -4.64. The molecule has 1 aromatic heterocycles. The van der Waals surface area contributed by atoms with Gasteiger partial charge in [0, 0.05) is 12.6 Å². The zero-order chi connectivity index (χ0) is 30.3. The highest BCUT2D eigenvalue weighted by Crippen LogP contribution is 2.35. The summed E-state index contributed by atoms with van der Waals surface area (Å²) in [6, 6.07) is 18.3. The maximum atomic E-state index is 15.4. The summed E-state index contributed by atoms with van der Waals surface area (Å²) in [5.41, 5.74) is 6.92. The Balaban J connectivity index is 1.53. The van der Waals surface area contributed by atoms with Gasteiger partial charge in [0.1, 0.15) is 22.6 Å². The fourth-order valence-electron chi connectivity index (χ4n) is 5.18. The number of carbonyl (C=O) groups is 3. The van der Waals surface area contributed by atoms with E-state index >= 15 is 4.39 Å². The highest BCUT2D eigenvalue weighted by molar-refractivity contribution is 7.09. The van der Waals surface area contributed by atoms with Gasteiger partial charge in [-0.05, 0) is 59.8 Å². The van der Waals surface area contributed by atoms with Crippen LogP contribution in [0, 0.1) is 11.6 Å². The number of nitrogens with two attached hydrogens (primary N) is 1. The molecule has 8 nitrogen and oxygen atoms in total. The van der Waals surface area contributed by atoms with Crippen molar-refractivity contribution in [3.05, 3.63) is 112 Å². The molecule has 3 aromatic carbocycles. The predicted octanol–water partition coefficient (Wildman–Crippen LogP) is 5.77. The number of nitrogens with one attached hydrogen (secondary N) is 2. The van der Waals surface area contributed by atoms with Crippen molar-refractivity contribution >= 4 is 40.6 Å². The third-order valence-corrected chi connectivity index (χ3v) is 8.26. The van der Waals surface area contributed by atoms with Crippen LogP contribution in [0.25, 0.3) is 0 Å². The SMILES string of the molecule is Nc1c(C(=O)NC2CCCCC2)nsc1C(=O)N(c1ccccc1F)[C@@H](C(=O)NCc1ccccc1)c1ccc(F)cc1. The average Bonchev–Trinajstić information content (AvgIpc) is 3.41. The van der Waals surface area contributed by atoms with Crippen LogP contribution in [-0.2, 0) is 11.3 Å². The van der Waals surface area contributed by atoms with E-state index in [9.17, 15) is 18.8 Å². The van der Waals surface area contributed by atoms with E-state index in [0.29, 0.717) is 11.5 Å². The molecule has 3 amide bonds. The van der Waals surface area contributed by atoms with Gasteiger partial charge in [-0.2, -0.15) is 4.37 Å². The van der Waals surface area contributed by atoms with Crippen molar-refractivity contribution in [2.24, 2.45) is 0 Å².